The van der Waals surface area contributed by atoms with Crippen molar-refractivity contribution in [2.24, 2.45) is 4.99 Å². The predicted molar refractivity (Wildman–Crippen MR) is 135 cm³/mol. The minimum absolute atomic E-state index is 0.171. The molecule has 35 heavy (non-hydrogen) atoms. The van der Waals surface area contributed by atoms with E-state index in [2.05, 4.69) is 10.2 Å². The number of carbonyl (C=O) groups excluding carboxylic acids is 1. The maximum Gasteiger partial charge on any atom is 0.323 e. The van der Waals surface area contributed by atoms with Gasteiger partial charge < -0.3 is 20.2 Å². The van der Waals surface area contributed by atoms with E-state index in [1.807, 2.05) is 50.5 Å². The van der Waals surface area contributed by atoms with Crippen molar-refractivity contribution in [2.45, 2.75) is 12.5 Å². The van der Waals surface area contributed by atoms with E-state index in [1.165, 1.54) is 12.1 Å². The lowest BCUT2D eigenvalue weighted by atomic mass is 9.90. The van der Waals surface area contributed by atoms with Gasteiger partial charge in [-0.05, 0) is 67.2 Å². The van der Waals surface area contributed by atoms with E-state index in [1.54, 1.807) is 30.1 Å². The van der Waals surface area contributed by atoms with Gasteiger partial charge >= 0.3 is 5.97 Å². The third-order valence-corrected chi connectivity index (χ3v) is 5.76. The fourth-order valence-electron chi connectivity index (χ4n) is 4.18. The van der Waals surface area contributed by atoms with Crippen LogP contribution < -0.4 is 10.2 Å². The van der Waals surface area contributed by atoms with Crippen LogP contribution in [-0.4, -0.2) is 55.3 Å². The highest BCUT2D eigenvalue weighted by Crippen LogP contribution is 2.37. The molecule has 0 saturated carbocycles. The highest BCUT2D eigenvalue weighted by molar-refractivity contribution is 6.24. The Morgan fingerprint density at radius 2 is 1.80 bits per heavy atom. The van der Waals surface area contributed by atoms with Crippen molar-refractivity contribution in [3.63, 3.8) is 0 Å². The first-order valence-electron chi connectivity index (χ1n) is 11.2. The number of benzene rings is 3. The van der Waals surface area contributed by atoms with Crippen LogP contribution in [0.25, 0.3) is 0 Å². The van der Waals surface area contributed by atoms with Gasteiger partial charge in [-0.2, -0.15) is 0 Å². The first-order chi connectivity index (χ1) is 16.7. The molecule has 0 radical (unpaired) electrons. The fraction of sp³-hybridized carbons (Fsp3) is 0.222. The van der Waals surface area contributed by atoms with Crippen LogP contribution >= 0.6 is 0 Å². The van der Waals surface area contributed by atoms with E-state index in [4.69, 9.17) is 4.99 Å². The number of hydrogen-bond donors (Lipinski definition) is 2. The number of fused-ring (bicyclic) bond motifs is 1. The summed E-state index contributed by atoms with van der Waals surface area (Å²) in [6.07, 6.45) is 0. The zero-order valence-electron chi connectivity index (χ0n) is 19.8. The van der Waals surface area contributed by atoms with Crippen LogP contribution in [0, 0.1) is 5.82 Å². The summed E-state index contributed by atoms with van der Waals surface area (Å²) in [6.45, 7) is 0.619. The molecule has 1 amide bonds. The summed E-state index contributed by atoms with van der Waals surface area (Å²) in [5, 5.41) is 11.9. The second-order valence-corrected chi connectivity index (χ2v) is 8.86. The van der Waals surface area contributed by atoms with Crippen molar-refractivity contribution < 1.29 is 19.1 Å². The molecule has 0 fully saturated rings. The van der Waals surface area contributed by atoms with Gasteiger partial charge in [0.25, 0.3) is 0 Å². The molecule has 0 aliphatic carbocycles. The average Bonchev–Trinajstić information content (AvgIpc) is 3.12. The molecule has 0 saturated heterocycles. The normalized spacial score (nSPS) is 15.2. The largest absolute Gasteiger partial charge is 0.480 e. The molecule has 7 nitrogen and oxygen atoms in total. The van der Waals surface area contributed by atoms with Gasteiger partial charge in [0.2, 0.25) is 5.91 Å². The molecule has 4 rings (SSSR count). The molecular formula is C27H27FN4O3. The van der Waals surface area contributed by atoms with Crippen molar-refractivity contribution in [1.82, 2.24) is 4.90 Å². The lowest BCUT2D eigenvalue weighted by molar-refractivity contribution is -0.135. The summed E-state index contributed by atoms with van der Waals surface area (Å²) in [5.74, 6) is -2.42. The molecule has 180 valence electrons. The first kappa shape index (κ1) is 24.1. The monoisotopic (exact) mass is 474 g/mol. The van der Waals surface area contributed by atoms with Gasteiger partial charge in [-0.3, -0.25) is 14.6 Å². The number of likely N-dealkylation sites (N-methyl/N-ethyl adjacent to an activating group) is 1. The van der Waals surface area contributed by atoms with E-state index in [9.17, 15) is 19.1 Å². The fourth-order valence-corrected chi connectivity index (χ4v) is 4.18. The smallest absolute Gasteiger partial charge is 0.323 e. The number of hydrogen-bond acceptors (Lipinski definition) is 5. The summed E-state index contributed by atoms with van der Waals surface area (Å²) >= 11 is 0. The number of carboxylic acids is 1. The zero-order valence-corrected chi connectivity index (χ0v) is 19.8. The average molecular weight is 475 g/mol. The Morgan fingerprint density at radius 3 is 2.49 bits per heavy atom. The number of anilines is 2. The Morgan fingerprint density at radius 1 is 1.06 bits per heavy atom. The van der Waals surface area contributed by atoms with Crippen LogP contribution in [0.1, 0.15) is 22.6 Å². The summed E-state index contributed by atoms with van der Waals surface area (Å²) < 4.78 is 13.8. The van der Waals surface area contributed by atoms with Crippen LogP contribution in [0.5, 0.6) is 0 Å². The number of carbonyl (C=O) groups is 2. The third-order valence-electron chi connectivity index (χ3n) is 5.76. The number of aliphatic carboxylic acids is 1. The number of amides is 1. The number of nitrogens with one attached hydrogen (secondary N) is 1. The van der Waals surface area contributed by atoms with Gasteiger partial charge in [0.1, 0.15) is 18.3 Å². The SMILES string of the molecule is CN(C)Cc1ccc(N=C(c2cccc(N(C)CC(=O)O)c2)C2C(=O)Nc3cc(F)ccc32)cc1. The molecule has 0 bridgehead atoms. The van der Waals surface area contributed by atoms with Crippen LogP contribution in [0.3, 0.4) is 0 Å². The molecule has 1 aliphatic rings. The second kappa shape index (κ2) is 10.1. The lowest BCUT2D eigenvalue weighted by Gasteiger charge is -2.19. The van der Waals surface area contributed by atoms with Gasteiger partial charge in [0.15, 0.2) is 0 Å². The number of halogens is 1. The molecule has 8 heteroatoms. The Hall–Kier alpha value is -4.04. The minimum Gasteiger partial charge on any atom is -0.480 e. The quantitative estimate of drug-likeness (QED) is 0.477. The molecule has 0 aromatic heterocycles. The summed E-state index contributed by atoms with van der Waals surface area (Å²) in [7, 11) is 5.68. The zero-order chi connectivity index (χ0) is 25.1. The van der Waals surface area contributed by atoms with Crippen LogP contribution in [0.2, 0.25) is 0 Å². The number of nitrogens with zero attached hydrogens (tertiary/aromatic N) is 3. The van der Waals surface area contributed by atoms with E-state index < -0.39 is 17.7 Å². The lowest BCUT2D eigenvalue weighted by Crippen LogP contribution is -2.26. The van der Waals surface area contributed by atoms with Crippen LogP contribution in [0.4, 0.5) is 21.5 Å². The van der Waals surface area contributed by atoms with Crippen LogP contribution in [-0.2, 0) is 16.1 Å². The van der Waals surface area contributed by atoms with Crippen LogP contribution in [0.15, 0.2) is 71.7 Å². The molecule has 1 aliphatic heterocycles. The van der Waals surface area contributed by atoms with E-state index >= 15 is 0 Å². The Balaban J connectivity index is 1.80. The molecule has 1 atom stereocenters. The first-order valence-corrected chi connectivity index (χ1v) is 11.2. The van der Waals surface area contributed by atoms with Gasteiger partial charge in [-0.1, -0.05) is 30.3 Å². The molecule has 1 unspecified atom stereocenters. The van der Waals surface area contributed by atoms with Gasteiger partial charge in [0, 0.05) is 25.0 Å². The van der Waals surface area contributed by atoms with Gasteiger partial charge in [-0.25, -0.2) is 4.39 Å². The summed E-state index contributed by atoms with van der Waals surface area (Å²) in [5.41, 5.74) is 4.73. The van der Waals surface area contributed by atoms with Crippen molar-refractivity contribution in [3.05, 3.63) is 89.2 Å². The van der Waals surface area contributed by atoms with Gasteiger partial charge in [0.05, 0.1) is 11.4 Å². The Kier molecular flexibility index (Phi) is 6.93. The maximum absolute atomic E-state index is 13.8. The van der Waals surface area contributed by atoms with E-state index in [0.717, 1.165) is 12.1 Å². The number of carboxylic acid groups (broad SMARTS) is 1. The van der Waals surface area contributed by atoms with Crippen molar-refractivity contribution in [3.8, 4) is 0 Å². The third kappa shape index (κ3) is 5.55. The van der Waals surface area contributed by atoms with Gasteiger partial charge in [-0.15, -0.1) is 0 Å². The molecule has 1 heterocycles. The Labute approximate surface area is 203 Å². The molecule has 2 N–H and O–H groups in total. The van der Waals surface area contributed by atoms with Crippen molar-refractivity contribution in [1.29, 1.82) is 0 Å². The minimum atomic E-state index is -0.948. The molecule has 0 spiro atoms. The highest BCUT2D eigenvalue weighted by Gasteiger charge is 2.35. The summed E-state index contributed by atoms with van der Waals surface area (Å²) in [6, 6.07) is 19.3. The summed E-state index contributed by atoms with van der Waals surface area (Å²) in [4.78, 5) is 32.8. The molecular weight excluding hydrogens is 447 g/mol. The van der Waals surface area contributed by atoms with Crippen molar-refractivity contribution >= 4 is 34.7 Å². The predicted octanol–water partition coefficient (Wildman–Crippen LogP) is 4.26. The standard InChI is InChI=1S/C27H27FN4O3/c1-31(2)15-17-7-10-20(11-8-17)29-26(18-5-4-6-21(13-18)32(3)16-24(33)34)25-22-12-9-19(28)14-23(22)30-27(25)35/h4-14,25H,15-16H2,1-3H3,(H,30,35)(H,33,34). The van der Waals surface area contributed by atoms with E-state index in [0.29, 0.717) is 33.9 Å². The number of aliphatic imine (C=N–C) groups is 1. The topological polar surface area (TPSA) is 85.2 Å². The molecule has 3 aromatic rings. The van der Waals surface area contributed by atoms with Crippen molar-refractivity contribution in [2.75, 3.05) is 37.9 Å². The second-order valence-electron chi connectivity index (χ2n) is 8.86. The highest BCUT2D eigenvalue weighted by atomic mass is 19.1. The maximum atomic E-state index is 13.8. The number of rotatable bonds is 8. The van der Waals surface area contributed by atoms with E-state index in [-0.39, 0.29) is 12.5 Å². The molecule has 3 aromatic carbocycles. The Bertz CT molecular complexity index is 1290.